The van der Waals surface area contributed by atoms with E-state index in [2.05, 4.69) is 5.32 Å². The molecule has 0 saturated heterocycles. The highest BCUT2D eigenvalue weighted by atomic mass is 16.5. The first-order valence-electron chi connectivity index (χ1n) is 8.88. The number of anilines is 1. The minimum atomic E-state index is -0.224. The maximum atomic E-state index is 12.4. The lowest BCUT2D eigenvalue weighted by Crippen LogP contribution is -2.25. The number of rotatable bonds is 6. The predicted octanol–water partition coefficient (Wildman–Crippen LogP) is 3.97. The number of ether oxygens (including phenoxy) is 4. The summed E-state index contributed by atoms with van der Waals surface area (Å²) in [7, 11) is 4.71. The number of nitrogens with one attached hydrogen (secondary N) is 1. The van der Waals surface area contributed by atoms with Gasteiger partial charge in [-0.05, 0) is 19.9 Å². The molecule has 1 heterocycles. The second kappa shape index (κ2) is 7.78. The Kier molecular flexibility index (Phi) is 5.44. The summed E-state index contributed by atoms with van der Waals surface area (Å²) in [5.41, 5.74) is 2.45. The summed E-state index contributed by atoms with van der Waals surface area (Å²) in [5, 5.41) is 2.93. The lowest BCUT2D eigenvalue weighted by Gasteiger charge is -2.30. The van der Waals surface area contributed by atoms with Crippen LogP contribution in [0.5, 0.6) is 23.0 Å². The molecule has 0 saturated carbocycles. The Hall–Kier alpha value is -2.89. The van der Waals surface area contributed by atoms with Crippen LogP contribution in [0, 0.1) is 0 Å². The molecule has 1 amide bonds. The van der Waals surface area contributed by atoms with E-state index in [1.165, 1.54) is 0 Å². The predicted molar refractivity (Wildman–Crippen MR) is 103 cm³/mol. The fourth-order valence-corrected chi connectivity index (χ4v) is 3.51. The molecule has 1 aliphatic rings. The average molecular weight is 371 g/mol. The molecule has 6 nitrogen and oxygen atoms in total. The first-order valence-corrected chi connectivity index (χ1v) is 8.88. The van der Waals surface area contributed by atoms with Gasteiger partial charge in [0.1, 0.15) is 5.75 Å². The minimum Gasteiger partial charge on any atom is -0.493 e. The van der Waals surface area contributed by atoms with Crippen LogP contribution < -0.4 is 24.3 Å². The molecule has 1 aliphatic heterocycles. The van der Waals surface area contributed by atoms with Crippen molar-refractivity contribution in [1.82, 2.24) is 0 Å². The summed E-state index contributed by atoms with van der Waals surface area (Å²) < 4.78 is 22.6. The Balaban J connectivity index is 2.23. The van der Waals surface area contributed by atoms with Crippen molar-refractivity contribution in [3.8, 4) is 23.0 Å². The van der Waals surface area contributed by atoms with E-state index in [0.29, 0.717) is 22.9 Å². The quantitative estimate of drug-likeness (QED) is 0.832. The number of para-hydroxylation sites is 1. The van der Waals surface area contributed by atoms with Crippen LogP contribution in [0.25, 0.3) is 0 Å². The van der Waals surface area contributed by atoms with Crippen molar-refractivity contribution in [3.63, 3.8) is 0 Å². The van der Waals surface area contributed by atoms with Crippen LogP contribution in [-0.4, -0.2) is 33.3 Å². The first kappa shape index (κ1) is 18.9. The van der Waals surface area contributed by atoms with Crippen molar-refractivity contribution in [2.75, 3.05) is 26.6 Å². The second-order valence-electron chi connectivity index (χ2n) is 6.62. The SMILES string of the molecule is COc1cc2c(c(OC)c1OC)[C@@H](c1ccccc1OC(C)C)CC(=O)N2. The number of fused-ring (bicyclic) bond motifs is 1. The van der Waals surface area contributed by atoms with Crippen molar-refractivity contribution in [2.45, 2.75) is 32.3 Å². The first-order chi connectivity index (χ1) is 13.0. The molecule has 3 rings (SSSR count). The van der Waals surface area contributed by atoms with Crippen molar-refractivity contribution >= 4 is 11.6 Å². The topological polar surface area (TPSA) is 66.0 Å². The van der Waals surface area contributed by atoms with E-state index in [0.717, 1.165) is 16.9 Å². The summed E-state index contributed by atoms with van der Waals surface area (Å²) in [6, 6.07) is 9.56. The van der Waals surface area contributed by atoms with Gasteiger partial charge in [0, 0.05) is 29.5 Å². The highest BCUT2D eigenvalue weighted by molar-refractivity contribution is 5.97. The molecule has 2 aromatic rings. The lowest BCUT2D eigenvalue weighted by atomic mass is 9.83. The van der Waals surface area contributed by atoms with Gasteiger partial charge in [-0.15, -0.1) is 0 Å². The highest BCUT2D eigenvalue weighted by Crippen LogP contribution is 2.52. The molecular weight excluding hydrogens is 346 g/mol. The maximum Gasteiger partial charge on any atom is 0.225 e. The number of carbonyl (C=O) groups is 1. The molecule has 6 heteroatoms. The Bertz CT molecular complexity index is 847. The van der Waals surface area contributed by atoms with Gasteiger partial charge in [0.05, 0.1) is 33.1 Å². The molecule has 1 N–H and O–H groups in total. The van der Waals surface area contributed by atoms with E-state index >= 15 is 0 Å². The molecular formula is C21H25NO5. The molecule has 144 valence electrons. The molecule has 0 fully saturated rings. The third-order valence-corrected chi connectivity index (χ3v) is 4.54. The number of methoxy groups -OCH3 is 3. The molecule has 0 aromatic heterocycles. The zero-order valence-corrected chi connectivity index (χ0v) is 16.3. The third kappa shape index (κ3) is 3.52. The number of carbonyl (C=O) groups excluding carboxylic acids is 1. The summed E-state index contributed by atoms with van der Waals surface area (Å²) in [4.78, 5) is 12.4. The Morgan fingerprint density at radius 3 is 2.33 bits per heavy atom. The molecule has 0 radical (unpaired) electrons. The van der Waals surface area contributed by atoms with Crippen LogP contribution in [0.15, 0.2) is 30.3 Å². The van der Waals surface area contributed by atoms with Crippen LogP contribution >= 0.6 is 0 Å². The number of amides is 1. The molecule has 1 atom stereocenters. The average Bonchev–Trinajstić information content (AvgIpc) is 2.65. The standard InChI is InChI=1S/C21H25NO5/c1-12(2)27-16-9-7-6-8-13(16)14-10-18(23)22-15-11-17(24-3)20(25-4)21(26-5)19(14)15/h6-9,11-12,14H,10H2,1-5H3,(H,22,23)/t14-/m1/s1. The Morgan fingerprint density at radius 2 is 1.70 bits per heavy atom. The lowest BCUT2D eigenvalue weighted by molar-refractivity contribution is -0.116. The molecule has 0 spiro atoms. The zero-order valence-electron chi connectivity index (χ0n) is 16.3. The van der Waals surface area contributed by atoms with Crippen molar-refractivity contribution in [3.05, 3.63) is 41.5 Å². The zero-order chi connectivity index (χ0) is 19.6. The smallest absolute Gasteiger partial charge is 0.225 e. The molecule has 0 bridgehead atoms. The van der Waals surface area contributed by atoms with E-state index in [4.69, 9.17) is 18.9 Å². The summed E-state index contributed by atoms with van der Waals surface area (Å²) in [6.07, 6.45) is 0.312. The molecule has 27 heavy (non-hydrogen) atoms. The maximum absolute atomic E-state index is 12.4. The van der Waals surface area contributed by atoms with Gasteiger partial charge >= 0.3 is 0 Å². The summed E-state index contributed by atoms with van der Waals surface area (Å²) >= 11 is 0. The van der Waals surface area contributed by atoms with E-state index < -0.39 is 0 Å². The van der Waals surface area contributed by atoms with Crippen LogP contribution in [-0.2, 0) is 4.79 Å². The second-order valence-corrected chi connectivity index (χ2v) is 6.62. The van der Waals surface area contributed by atoms with Gasteiger partial charge < -0.3 is 24.3 Å². The van der Waals surface area contributed by atoms with E-state index in [9.17, 15) is 4.79 Å². The summed E-state index contributed by atoms with van der Waals surface area (Å²) in [6.45, 7) is 3.96. The van der Waals surface area contributed by atoms with Crippen molar-refractivity contribution in [2.24, 2.45) is 0 Å². The van der Waals surface area contributed by atoms with Gasteiger partial charge in [-0.1, -0.05) is 18.2 Å². The Labute approximate surface area is 159 Å². The largest absolute Gasteiger partial charge is 0.493 e. The van der Waals surface area contributed by atoms with Crippen LogP contribution in [0.2, 0.25) is 0 Å². The normalized spacial score (nSPS) is 15.8. The number of hydrogen-bond acceptors (Lipinski definition) is 5. The Morgan fingerprint density at radius 1 is 1.00 bits per heavy atom. The van der Waals surface area contributed by atoms with Crippen LogP contribution in [0.4, 0.5) is 5.69 Å². The summed E-state index contributed by atoms with van der Waals surface area (Å²) in [5.74, 6) is 2.02. The van der Waals surface area contributed by atoms with Crippen LogP contribution in [0.3, 0.4) is 0 Å². The van der Waals surface area contributed by atoms with E-state index in [1.54, 1.807) is 27.4 Å². The van der Waals surface area contributed by atoms with Gasteiger partial charge in [0.25, 0.3) is 0 Å². The molecule has 0 unspecified atom stereocenters. The monoisotopic (exact) mass is 371 g/mol. The molecule has 2 aromatic carbocycles. The van der Waals surface area contributed by atoms with E-state index in [1.807, 2.05) is 38.1 Å². The fraction of sp³-hybridized carbons (Fsp3) is 0.381. The van der Waals surface area contributed by atoms with Crippen molar-refractivity contribution < 1.29 is 23.7 Å². The molecule has 0 aliphatic carbocycles. The van der Waals surface area contributed by atoms with Gasteiger partial charge in [0.2, 0.25) is 11.7 Å². The van der Waals surface area contributed by atoms with Crippen molar-refractivity contribution in [1.29, 1.82) is 0 Å². The highest BCUT2D eigenvalue weighted by Gasteiger charge is 2.34. The van der Waals surface area contributed by atoms with Gasteiger partial charge in [-0.25, -0.2) is 0 Å². The number of benzene rings is 2. The number of hydrogen-bond donors (Lipinski definition) is 1. The van der Waals surface area contributed by atoms with E-state index in [-0.39, 0.29) is 24.3 Å². The van der Waals surface area contributed by atoms with Gasteiger partial charge in [-0.2, -0.15) is 0 Å². The van der Waals surface area contributed by atoms with Crippen LogP contribution in [0.1, 0.15) is 37.3 Å². The van der Waals surface area contributed by atoms with Gasteiger partial charge in [0.15, 0.2) is 11.5 Å². The minimum absolute atomic E-state index is 0.0235. The fourth-order valence-electron chi connectivity index (χ4n) is 3.51. The van der Waals surface area contributed by atoms with Gasteiger partial charge in [-0.3, -0.25) is 4.79 Å². The third-order valence-electron chi connectivity index (χ3n) is 4.54.